The van der Waals surface area contributed by atoms with Crippen molar-refractivity contribution in [1.82, 2.24) is 0 Å². The van der Waals surface area contributed by atoms with Crippen LogP contribution in [-0.2, 0) is 4.79 Å². The SMILES string of the molecule is O=C1C[C@@H](c2ccc3c(c2)OCO3)c2cc(Br)c3ccccc3c2N1. The highest BCUT2D eigenvalue weighted by Gasteiger charge is 2.29. The summed E-state index contributed by atoms with van der Waals surface area (Å²) >= 11 is 3.68. The average molecular weight is 396 g/mol. The Morgan fingerprint density at radius 3 is 2.68 bits per heavy atom. The minimum atomic E-state index is -0.0147. The molecule has 5 rings (SSSR count). The molecule has 5 heteroatoms. The standard InChI is InChI=1S/C20H14BrNO3/c21-16-8-15-14(11-5-6-17-18(7-11)25-10-24-17)9-19(23)22-20(15)13-4-2-1-3-12(13)16/h1-8,14H,9-10H2,(H,22,23)/t14-/m0/s1. The molecule has 0 unspecified atom stereocenters. The summed E-state index contributed by atoms with van der Waals surface area (Å²) in [6.45, 7) is 0.247. The van der Waals surface area contributed by atoms with Gasteiger partial charge in [0.2, 0.25) is 12.7 Å². The van der Waals surface area contributed by atoms with Gasteiger partial charge in [-0.1, -0.05) is 46.3 Å². The molecular formula is C20H14BrNO3. The van der Waals surface area contributed by atoms with Crippen LogP contribution in [-0.4, -0.2) is 12.7 Å². The number of hydrogen-bond donors (Lipinski definition) is 1. The Labute approximate surface area is 152 Å². The summed E-state index contributed by atoms with van der Waals surface area (Å²) in [5.41, 5.74) is 3.07. The Balaban J connectivity index is 1.72. The number of fused-ring (bicyclic) bond motifs is 4. The molecule has 3 aromatic carbocycles. The Kier molecular flexibility index (Phi) is 3.25. The van der Waals surface area contributed by atoms with Crippen LogP contribution < -0.4 is 14.8 Å². The van der Waals surface area contributed by atoms with Gasteiger partial charge in [0.25, 0.3) is 0 Å². The van der Waals surface area contributed by atoms with Crippen molar-refractivity contribution in [2.75, 3.05) is 12.1 Å². The molecule has 1 amide bonds. The van der Waals surface area contributed by atoms with Crippen molar-refractivity contribution >= 4 is 38.3 Å². The topological polar surface area (TPSA) is 47.6 Å². The van der Waals surface area contributed by atoms with E-state index in [2.05, 4.69) is 33.4 Å². The first-order valence-corrected chi connectivity index (χ1v) is 8.90. The monoisotopic (exact) mass is 395 g/mol. The molecule has 0 spiro atoms. The van der Waals surface area contributed by atoms with Gasteiger partial charge in [0, 0.05) is 22.2 Å². The summed E-state index contributed by atoms with van der Waals surface area (Å²) in [5, 5.41) is 5.20. The smallest absolute Gasteiger partial charge is 0.231 e. The van der Waals surface area contributed by atoms with E-state index in [9.17, 15) is 4.79 Å². The fourth-order valence-corrected chi connectivity index (χ4v) is 4.27. The summed E-state index contributed by atoms with van der Waals surface area (Å²) in [7, 11) is 0. The number of benzene rings is 3. The van der Waals surface area contributed by atoms with E-state index >= 15 is 0 Å². The van der Waals surface area contributed by atoms with E-state index in [1.54, 1.807) is 0 Å². The number of ether oxygens (including phenoxy) is 2. The van der Waals surface area contributed by atoms with Gasteiger partial charge < -0.3 is 14.8 Å². The molecule has 0 radical (unpaired) electrons. The molecule has 25 heavy (non-hydrogen) atoms. The van der Waals surface area contributed by atoms with Gasteiger partial charge in [-0.2, -0.15) is 0 Å². The van der Waals surface area contributed by atoms with E-state index in [4.69, 9.17) is 9.47 Å². The lowest BCUT2D eigenvalue weighted by atomic mass is 9.83. The minimum absolute atomic E-state index is 0.0147. The van der Waals surface area contributed by atoms with Crippen LogP contribution >= 0.6 is 15.9 Å². The highest BCUT2D eigenvalue weighted by atomic mass is 79.9. The van der Waals surface area contributed by atoms with Crippen LogP contribution in [0.3, 0.4) is 0 Å². The predicted octanol–water partition coefficient (Wildman–Crippen LogP) is 4.81. The van der Waals surface area contributed by atoms with Crippen LogP contribution in [0.4, 0.5) is 5.69 Å². The molecule has 2 heterocycles. The zero-order valence-corrected chi connectivity index (χ0v) is 14.8. The second kappa shape index (κ2) is 5.49. The Hall–Kier alpha value is -2.53. The van der Waals surface area contributed by atoms with Crippen molar-refractivity contribution in [2.45, 2.75) is 12.3 Å². The number of halogens is 1. The van der Waals surface area contributed by atoms with Crippen LogP contribution in [0, 0.1) is 0 Å². The summed E-state index contributed by atoms with van der Waals surface area (Å²) in [6.07, 6.45) is 0.414. The van der Waals surface area contributed by atoms with E-state index in [1.165, 1.54) is 0 Å². The first kappa shape index (κ1) is 14.8. The first-order valence-electron chi connectivity index (χ1n) is 8.11. The molecule has 3 aromatic rings. The molecule has 0 bridgehead atoms. The maximum absolute atomic E-state index is 12.4. The number of hydrogen-bond acceptors (Lipinski definition) is 3. The van der Waals surface area contributed by atoms with Crippen LogP contribution in [0.1, 0.15) is 23.5 Å². The molecular weight excluding hydrogens is 382 g/mol. The van der Waals surface area contributed by atoms with Gasteiger partial charge in [0.1, 0.15) is 0 Å². The van der Waals surface area contributed by atoms with E-state index in [0.717, 1.165) is 43.6 Å². The number of carbonyl (C=O) groups is 1. The van der Waals surface area contributed by atoms with Crippen molar-refractivity contribution in [3.63, 3.8) is 0 Å². The third-order valence-electron chi connectivity index (χ3n) is 4.85. The lowest BCUT2D eigenvalue weighted by molar-refractivity contribution is -0.116. The van der Waals surface area contributed by atoms with Gasteiger partial charge in [-0.25, -0.2) is 0 Å². The minimum Gasteiger partial charge on any atom is -0.454 e. The predicted molar refractivity (Wildman–Crippen MR) is 99.3 cm³/mol. The molecule has 124 valence electrons. The van der Waals surface area contributed by atoms with Crippen LogP contribution in [0.2, 0.25) is 0 Å². The van der Waals surface area contributed by atoms with Gasteiger partial charge in [-0.05, 0) is 34.7 Å². The third-order valence-corrected chi connectivity index (χ3v) is 5.51. The van der Waals surface area contributed by atoms with Crippen LogP contribution in [0.5, 0.6) is 11.5 Å². The van der Waals surface area contributed by atoms with Crippen molar-refractivity contribution in [3.05, 3.63) is 64.1 Å². The van der Waals surface area contributed by atoms with E-state index in [-0.39, 0.29) is 18.6 Å². The normalized spacial score (nSPS) is 18.1. The summed E-state index contributed by atoms with van der Waals surface area (Å²) in [4.78, 5) is 12.4. The van der Waals surface area contributed by atoms with Gasteiger partial charge >= 0.3 is 0 Å². The van der Waals surface area contributed by atoms with Crippen molar-refractivity contribution < 1.29 is 14.3 Å². The van der Waals surface area contributed by atoms with E-state index in [1.807, 2.05) is 36.4 Å². The highest BCUT2D eigenvalue weighted by Crippen LogP contribution is 2.45. The maximum Gasteiger partial charge on any atom is 0.231 e. The summed E-state index contributed by atoms with van der Waals surface area (Å²) in [6, 6.07) is 16.1. The van der Waals surface area contributed by atoms with Gasteiger partial charge in [-0.15, -0.1) is 0 Å². The first-order chi connectivity index (χ1) is 12.2. The highest BCUT2D eigenvalue weighted by molar-refractivity contribution is 9.10. The van der Waals surface area contributed by atoms with E-state index < -0.39 is 0 Å². The quantitative estimate of drug-likeness (QED) is 0.643. The molecule has 1 N–H and O–H groups in total. The largest absolute Gasteiger partial charge is 0.454 e. The van der Waals surface area contributed by atoms with Gasteiger partial charge in [-0.3, -0.25) is 4.79 Å². The zero-order valence-electron chi connectivity index (χ0n) is 13.2. The lowest BCUT2D eigenvalue weighted by Crippen LogP contribution is -2.23. The maximum atomic E-state index is 12.4. The summed E-state index contributed by atoms with van der Waals surface area (Å²) in [5.74, 6) is 1.51. The second-order valence-electron chi connectivity index (χ2n) is 6.29. The molecule has 0 aromatic heterocycles. The van der Waals surface area contributed by atoms with Crippen molar-refractivity contribution in [1.29, 1.82) is 0 Å². The number of anilines is 1. The van der Waals surface area contributed by atoms with Crippen LogP contribution in [0.25, 0.3) is 10.8 Å². The fourth-order valence-electron chi connectivity index (χ4n) is 3.68. The number of carbonyl (C=O) groups excluding carboxylic acids is 1. The molecule has 0 saturated carbocycles. The Morgan fingerprint density at radius 2 is 1.80 bits per heavy atom. The Bertz CT molecular complexity index is 1030. The van der Waals surface area contributed by atoms with Gasteiger partial charge in [0.15, 0.2) is 11.5 Å². The lowest BCUT2D eigenvalue weighted by Gasteiger charge is -2.28. The van der Waals surface area contributed by atoms with Crippen molar-refractivity contribution in [3.8, 4) is 11.5 Å². The second-order valence-corrected chi connectivity index (χ2v) is 7.14. The molecule has 0 saturated heterocycles. The molecule has 0 aliphatic carbocycles. The molecule has 2 aliphatic heterocycles. The number of amides is 1. The van der Waals surface area contributed by atoms with E-state index in [0.29, 0.717) is 6.42 Å². The third kappa shape index (κ3) is 2.30. The molecule has 0 fully saturated rings. The number of rotatable bonds is 1. The fraction of sp³-hybridized carbons (Fsp3) is 0.150. The summed E-state index contributed by atoms with van der Waals surface area (Å²) < 4.78 is 11.9. The van der Waals surface area contributed by atoms with Crippen molar-refractivity contribution in [2.24, 2.45) is 0 Å². The molecule has 1 atom stereocenters. The molecule has 2 aliphatic rings. The van der Waals surface area contributed by atoms with Gasteiger partial charge in [0.05, 0.1) is 5.69 Å². The Morgan fingerprint density at radius 1 is 1.00 bits per heavy atom. The van der Waals surface area contributed by atoms with Crippen LogP contribution in [0.15, 0.2) is 53.0 Å². The zero-order chi connectivity index (χ0) is 17.0. The molecule has 4 nitrogen and oxygen atoms in total. The average Bonchev–Trinajstić information content (AvgIpc) is 3.10. The number of nitrogens with one attached hydrogen (secondary N) is 1.